The molecule has 16 nitrogen and oxygen atoms in total. The molecule has 2 unspecified atom stereocenters. The molecule has 6 heterocycles. The van der Waals surface area contributed by atoms with E-state index in [0.717, 1.165) is 33.3 Å². The molecule has 4 atom stereocenters. The number of carbonyl (C=O) groups excluding carboxylic acids is 2. The van der Waals surface area contributed by atoms with Crippen molar-refractivity contribution in [3.63, 3.8) is 0 Å². The van der Waals surface area contributed by atoms with Crippen LogP contribution in [0, 0.1) is 46.3 Å². The van der Waals surface area contributed by atoms with E-state index >= 15 is 0 Å². The van der Waals surface area contributed by atoms with Gasteiger partial charge < -0.3 is 22.1 Å². The number of aromatic nitrogens is 8. The van der Waals surface area contributed by atoms with E-state index in [9.17, 15) is 9.59 Å². The summed E-state index contributed by atoms with van der Waals surface area (Å²) in [5.74, 6) is 0.925. The average molecular weight is 723 g/mol. The van der Waals surface area contributed by atoms with Crippen LogP contribution >= 0.6 is 0 Å². The highest BCUT2D eigenvalue weighted by molar-refractivity contribution is 6.00. The number of hydrogen-bond acceptors (Lipinski definition) is 12. The molecule has 272 valence electrons. The second kappa shape index (κ2) is 14.2. The van der Waals surface area contributed by atoms with Crippen LogP contribution in [0.15, 0.2) is 49.1 Å². The molecule has 2 aliphatic carbocycles. The third-order valence-electron chi connectivity index (χ3n) is 9.62. The molecule has 0 saturated heterocycles. The third kappa shape index (κ3) is 7.09. The van der Waals surface area contributed by atoms with Gasteiger partial charge in [-0.15, -0.1) is 0 Å². The van der Waals surface area contributed by atoms with E-state index in [1.807, 2.05) is 12.1 Å². The van der Waals surface area contributed by atoms with Crippen molar-refractivity contribution in [2.45, 2.75) is 52.4 Å². The number of anilines is 4. The fraction of sp³-hybridized carbons (Fsp3) is 0.316. The fourth-order valence-corrected chi connectivity index (χ4v) is 6.33. The lowest BCUT2D eigenvalue weighted by Gasteiger charge is -2.10. The standard InChI is InChI=1S/2C19H19N7O/c2*1-9(2)17-14(8-23-26-17)15-4-10-5-16(22-7-13(10)18(21)24-15)25-19(27)12-3-11(12)6-20/h2*4-5,7-9,11-12H,3H2,1-2H3,(H2,21,24)(H,23,26)(H,22,25,27)/t11-,12+;/m0./s1. The maximum Gasteiger partial charge on any atom is 0.230 e. The molecule has 2 fully saturated rings. The van der Waals surface area contributed by atoms with Crippen molar-refractivity contribution in [2.75, 3.05) is 22.1 Å². The van der Waals surface area contributed by atoms with Gasteiger partial charge in [-0.1, -0.05) is 27.7 Å². The second-order valence-corrected chi connectivity index (χ2v) is 14.2. The largest absolute Gasteiger partial charge is 0.383 e. The Balaban J connectivity index is 0.000000167. The number of H-pyrrole nitrogens is 2. The van der Waals surface area contributed by atoms with Crippen LogP contribution < -0.4 is 22.1 Å². The Morgan fingerprint density at radius 1 is 0.704 bits per heavy atom. The van der Waals surface area contributed by atoms with Crippen molar-refractivity contribution < 1.29 is 9.59 Å². The Bertz CT molecular complexity index is 2330. The van der Waals surface area contributed by atoms with E-state index in [0.29, 0.717) is 58.3 Å². The predicted octanol–water partition coefficient (Wildman–Crippen LogP) is 5.65. The van der Waals surface area contributed by atoms with Gasteiger partial charge >= 0.3 is 0 Å². The number of pyridine rings is 4. The van der Waals surface area contributed by atoms with Crippen LogP contribution in [0.4, 0.5) is 23.3 Å². The third-order valence-corrected chi connectivity index (χ3v) is 9.62. The number of nitriles is 2. The van der Waals surface area contributed by atoms with Gasteiger partial charge in [0.1, 0.15) is 23.3 Å². The second-order valence-electron chi connectivity index (χ2n) is 14.2. The molecule has 54 heavy (non-hydrogen) atoms. The Morgan fingerprint density at radius 2 is 1.11 bits per heavy atom. The zero-order valence-corrected chi connectivity index (χ0v) is 30.0. The molecule has 8 rings (SSSR count). The number of nitrogens with one attached hydrogen (secondary N) is 4. The van der Waals surface area contributed by atoms with Gasteiger partial charge in [0.2, 0.25) is 11.8 Å². The predicted molar refractivity (Wildman–Crippen MR) is 203 cm³/mol. The number of amides is 2. The number of fused-ring (bicyclic) bond motifs is 2. The number of aromatic amines is 2. The van der Waals surface area contributed by atoms with Crippen LogP contribution in [0.5, 0.6) is 0 Å². The molecule has 8 N–H and O–H groups in total. The van der Waals surface area contributed by atoms with Crippen molar-refractivity contribution in [1.82, 2.24) is 40.3 Å². The molecule has 0 radical (unpaired) electrons. The summed E-state index contributed by atoms with van der Waals surface area (Å²) in [6, 6.07) is 11.6. The minimum absolute atomic E-state index is 0.174. The molecule has 2 saturated carbocycles. The Kier molecular flexibility index (Phi) is 9.35. The Hall–Kier alpha value is -6.94. The van der Waals surface area contributed by atoms with Crippen LogP contribution in [0.25, 0.3) is 44.1 Å². The molecule has 0 aromatic carbocycles. The fourth-order valence-electron chi connectivity index (χ4n) is 6.33. The first kappa shape index (κ1) is 35.5. The van der Waals surface area contributed by atoms with Gasteiger partial charge in [0.05, 0.1) is 59.6 Å². The van der Waals surface area contributed by atoms with Crippen LogP contribution in [0.3, 0.4) is 0 Å². The van der Waals surface area contributed by atoms with Gasteiger partial charge in [0.15, 0.2) is 0 Å². The quantitative estimate of drug-likeness (QED) is 0.111. The lowest BCUT2D eigenvalue weighted by atomic mass is 10.0. The van der Waals surface area contributed by atoms with Gasteiger partial charge in [-0.05, 0) is 59.7 Å². The highest BCUT2D eigenvalue weighted by atomic mass is 16.2. The van der Waals surface area contributed by atoms with E-state index in [1.165, 1.54) is 0 Å². The Labute approximate surface area is 309 Å². The lowest BCUT2D eigenvalue weighted by molar-refractivity contribution is -0.118. The van der Waals surface area contributed by atoms with Crippen molar-refractivity contribution in [3.05, 3.63) is 60.4 Å². The smallest absolute Gasteiger partial charge is 0.230 e. The van der Waals surface area contributed by atoms with Crippen LogP contribution in [-0.4, -0.2) is 52.1 Å². The first-order valence-corrected chi connectivity index (χ1v) is 17.6. The summed E-state index contributed by atoms with van der Waals surface area (Å²) < 4.78 is 0. The molecule has 2 amide bonds. The SMILES string of the molecule is CC(C)c1[nH]ncc1-c1cc2cc(NC(=O)C3CC3C#N)ncc2c(N)n1.CC(C)c1[nH]ncc1-c1cc2cc(NC(=O)[C@@H]3C[C@H]3C#N)ncc2c(N)n1. The maximum absolute atomic E-state index is 12.2. The van der Waals surface area contributed by atoms with E-state index in [1.54, 1.807) is 36.9 Å². The molecule has 0 bridgehead atoms. The molecule has 0 aliphatic heterocycles. The summed E-state index contributed by atoms with van der Waals surface area (Å²) in [5, 5.41) is 40.7. The molecule has 2 aliphatic rings. The summed E-state index contributed by atoms with van der Waals surface area (Å²) >= 11 is 0. The number of rotatable bonds is 8. The first-order valence-electron chi connectivity index (χ1n) is 17.6. The summed E-state index contributed by atoms with van der Waals surface area (Å²) in [5.41, 5.74) is 17.5. The van der Waals surface area contributed by atoms with Gasteiger partial charge in [-0.2, -0.15) is 20.7 Å². The van der Waals surface area contributed by atoms with Crippen molar-refractivity contribution in [1.29, 1.82) is 10.5 Å². The zero-order valence-electron chi connectivity index (χ0n) is 30.0. The monoisotopic (exact) mass is 722 g/mol. The van der Waals surface area contributed by atoms with E-state index < -0.39 is 0 Å². The molecular formula is C38H38N14O2. The van der Waals surface area contributed by atoms with Crippen molar-refractivity contribution >= 4 is 56.6 Å². The normalized spacial score (nSPS) is 18.4. The molecule has 6 aromatic heterocycles. The highest BCUT2D eigenvalue weighted by Gasteiger charge is 2.44. The van der Waals surface area contributed by atoms with Crippen molar-refractivity contribution in [3.8, 4) is 34.7 Å². The zero-order chi connectivity index (χ0) is 38.3. The summed E-state index contributed by atoms with van der Waals surface area (Å²) in [6.07, 6.45) is 7.89. The number of hydrogen-bond donors (Lipinski definition) is 6. The minimum Gasteiger partial charge on any atom is -0.383 e. The Morgan fingerprint density at radius 3 is 1.46 bits per heavy atom. The maximum atomic E-state index is 12.2. The van der Waals surface area contributed by atoms with Gasteiger partial charge in [-0.3, -0.25) is 19.8 Å². The van der Waals surface area contributed by atoms with Crippen LogP contribution in [0.2, 0.25) is 0 Å². The highest BCUT2D eigenvalue weighted by Crippen LogP contribution is 2.40. The topological polar surface area (TPSA) is 267 Å². The van der Waals surface area contributed by atoms with Gasteiger partial charge in [-0.25, -0.2) is 19.9 Å². The lowest BCUT2D eigenvalue weighted by Crippen LogP contribution is -2.15. The first-order chi connectivity index (χ1) is 25.9. The van der Waals surface area contributed by atoms with Crippen LogP contribution in [-0.2, 0) is 9.59 Å². The number of nitrogens with two attached hydrogens (primary N) is 2. The summed E-state index contributed by atoms with van der Waals surface area (Å²) in [7, 11) is 0. The van der Waals surface area contributed by atoms with E-state index in [-0.39, 0.29) is 47.3 Å². The van der Waals surface area contributed by atoms with Gasteiger partial charge in [0.25, 0.3) is 0 Å². The summed E-state index contributed by atoms with van der Waals surface area (Å²) in [4.78, 5) is 41.8. The molecular weight excluding hydrogens is 685 g/mol. The molecule has 16 heteroatoms. The van der Waals surface area contributed by atoms with E-state index in [2.05, 4.69) is 90.8 Å². The summed E-state index contributed by atoms with van der Waals surface area (Å²) in [6.45, 7) is 8.30. The minimum atomic E-state index is -0.245. The average Bonchev–Trinajstić information content (AvgIpc) is 4.00. The van der Waals surface area contributed by atoms with Crippen LogP contribution in [0.1, 0.15) is 63.8 Å². The number of carbonyl (C=O) groups is 2. The molecule has 0 spiro atoms. The van der Waals surface area contributed by atoms with Gasteiger partial charge in [0, 0.05) is 45.7 Å². The number of nitrogens with zero attached hydrogens (tertiary/aromatic N) is 8. The van der Waals surface area contributed by atoms with E-state index in [4.69, 9.17) is 22.0 Å². The number of nitrogen functional groups attached to an aromatic ring is 2. The molecule has 6 aromatic rings. The van der Waals surface area contributed by atoms with Crippen molar-refractivity contribution in [2.24, 2.45) is 23.7 Å².